The molecule has 0 radical (unpaired) electrons. The van der Waals surface area contributed by atoms with E-state index in [1.54, 1.807) is 18.3 Å². The number of nitrogens with one attached hydrogen (secondary N) is 3. The quantitative estimate of drug-likeness (QED) is 0.0798. The summed E-state index contributed by atoms with van der Waals surface area (Å²) < 4.78 is 24.9. The zero-order chi connectivity index (χ0) is 33.1. The number of hydrogen-bond donors (Lipinski definition) is 9. The van der Waals surface area contributed by atoms with Gasteiger partial charge in [0.05, 0.1) is 37.8 Å². The molecule has 252 valence electrons. The molecule has 9 atom stereocenters. The second kappa shape index (κ2) is 17.8. The number of halogens is 1. The molecule has 1 aliphatic heterocycles. The van der Waals surface area contributed by atoms with E-state index in [1.807, 2.05) is 12.1 Å². The Morgan fingerprint density at radius 3 is 2.53 bits per heavy atom. The number of carbonyl (C=O) groups is 2. The predicted molar refractivity (Wildman–Crippen MR) is 157 cm³/mol. The Morgan fingerprint density at radius 1 is 1.20 bits per heavy atom. The van der Waals surface area contributed by atoms with Crippen molar-refractivity contribution in [3.8, 4) is 5.69 Å². The van der Waals surface area contributed by atoms with Gasteiger partial charge in [-0.25, -0.2) is 9.48 Å². The van der Waals surface area contributed by atoms with E-state index in [-0.39, 0.29) is 19.7 Å². The summed E-state index contributed by atoms with van der Waals surface area (Å²) in [5.41, 5.74) is 6.44. The van der Waals surface area contributed by atoms with Gasteiger partial charge in [-0.3, -0.25) is 4.79 Å². The largest absolute Gasteiger partial charge is 0.394 e. The van der Waals surface area contributed by atoms with Gasteiger partial charge in [-0.15, -0.1) is 5.10 Å². The number of carbonyl (C=O) groups excluding carboxylic acids is 2. The Labute approximate surface area is 266 Å². The van der Waals surface area contributed by atoms with Crippen LogP contribution in [-0.4, -0.2) is 134 Å². The average Bonchev–Trinajstić information content (AvgIpc) is 3.49. The summed E-state index contributed by atoms with van der Waals surface area (Å²) in [6.45, 7) is 1.37. The molecule has 1 aromatic heterocycles. The minimum Gasteiger partial charge on any atom is -0.394 e. The molecule has 1 saturated heterocycles. The van der Waals surface area contributed by atoms with Crippen molar-refractivity contribution in [2.45, 2.75) is 75.8 Å². The van der Waals surface area contributed by atoms with Crippen molar-refractivity contribution in [2.75, 3.05) is 26.3 Å². The van der Waals surface area contributed by atoms with Gasteiger partial charge >= 0.3 is 6.03 Å². The molecule has 19 heteroatoms. The summed E-state index contributed by atoms with van der Waals surface area (Å²) in [5.74, 6) is -0.595. The van der Waals surface area contributed by atoms with Gasteiger partial charge in [0.25, 0.3) is 0 Å². The summed E-state index contributed by atoms with van der Waals surface area (Å²) >= 11 is 3.36. The lowest BCUT2D eigenvalue weighted by Gasteiger charge is -2.46. The van der Waals surface area contributed by atoms with Crippen LogP contribution in [0.1, 0.15) is 19.5 Å². The smallest absolute Gasteiger partial charge is 0.316 e. The minimum absolute atomic E-state index is 0.120. The van der Waals surface area contributed by atoms with Crippen LogP contribution >= 0.6 is 15.9 Å². The molecule has 5 unspecified atom stereocenters. The summed E-state index contributed by atoms with van der Waals surface area (Å²) in [6.07, 6.45) is -10.8. The van der Waals surface area contributed by atoms with Gasteiger partial charge in [0, 0.05) is 24.5 Å². The topological polar surface area (TPSA) is 265 Å². The zero-order valence-corrected chi connectivity index (χ0v) is 26.2. The lowest BCUT2D eigenvalue weighted by atomic mass is 9.95. The maximum absolute atomic E-state index is 12.4. The number of rotatable bonds is 16. The maximum Gasteiger partial charge on any atom is 0.316 e. The molecule has 45 heavy (non-hydrogen) atoms. The van der Waals surface area contributed by atoms with E-state index in [0.29, 0.717) is 11.4 Å². The van der Waals surface area contributed by atoms with Crippen molar-refractivity contribution < 1.29 is 54.1 Å². The molecule has 10 N–H and O–H groups in total. The molecule has 2 aromatic rings. The lowest BCUT2D eigenvalue weighted by molar-refractivity contribution is -0.313. The predicted octanol–water partition coefficient (Wildman–Crippen LogP) is -2.82. The number of benzene rings is 1. The highest BCUT2D eigenvalue weighted by Gasteiger charge is 2.49. The molecule has 0 saturated carbocycles. The second-order valence-corrected chi connectivity index (χ2v) is 11.0. The van der Waals surface area contributed by atoms with Gasteiger partial charge in [0.2, 0.25) is 5.91 Å². The molecule has 0 bridgehead atoms. The van der Waals surface area contributed by atoms with Crippen molar-refractivity contribution >= 4 is 27.9 Å². The average molecular weight is 707 g/mol. The Bertz CT molecular complexity index is 1210. The van der Waals surface area contributed by atoms with Gasteiger partial charge in [-0.05, 0) is 31.2 Å². The fourth-order valence-electron chi connectivity index (χ4n) is 4.26. The Hall–Kier alpha value is -2.82. The van der Waals surface area contributed by atoms with E-state index < -0.39 is 80.5 Å². The van der Waals surface area contributed by atoms with Crippen LogP contribution in [0.2, 0.25) is 0 Å². The van der Waals surface area contributed by atoms with Crippen LogP contribution in [0.3, 0.4) is 0 Å². The molecule has 0 spiro atoms. The van der Waals surface area contributed by atoms with E-state index in [4.69, 9.17) is 24.7 Å². The Kier molecular flexibility index (Phi) is 14.5. The highest BCUT2D eigenvalue weighted by atomic mass is 79.9. The highest BCUT2D eigenvalue weighted by Crippen LogP contribution is 2.26. The fraction of sp³-hybridized carbons (Fsp3) is 0.615. The summed E-state index contributed by atoms with van der Waals surface area (Å²) in [7, 11) is 0. The van der Waals surface area contributed by atoms with E-state index in [1.165, 1.54) is 18.5 Å². The number of hydrogen-bond acceptors (Lipinski definition) is 14. The molecule has 0 aliphatic carbocycles. The first-order chi connectivity index (χ1) is 21.5. The van der Waals surface area contributed by atoms with Crippen molar-refractivity contribution in [3.05, 3.63) is 40.6 Å². The number of amides is 3. The number of urea groups is 1. The summed E-state index contributed by atoms with van der Waals surface area (Å²) in [5, 5.41) is 67.7. The van der Waals surface area contributed by atoms with Crippen LogP contribution in [-0.2, 0) is 30.3 Å². The van der Waals surface area contributed by atoms with Crippen LogP contribution in [0.5, 0.6) is 0 Å². The fourth-order valence-corrected chi connectivity index (χ4v) is 4.52. The number of aliphatic hydroxyl groups is 5. The van der Waals surface area contributed by atoms with Crippen LogP contribution < -0.4 is 21.7 Å². The zero-order valence-electron chi connectivity index (χ0n) is 24.6. The van der Waals surface area contributed by atoms with E-state index in [2.05, 4.69) is 42.2 Å². The first-order valence-electron chi connectivity index (χ1n) is 14.0. The molecule has 2 heterocycles. The van der Waals surface area contributed by atoms with Crippen LogP contribution in [0, 0.1) is 0 Å². The number of nitrogens with two attached hydrogens (primary N) is 1. The van der Waals surface area contributed by atoms with Gasteiger partial charge in [-0.1, -0.05) is 21.1 Å². The maximum atomic E-state index is 12.4. The van der Waals surface area contributed by atoms with Crippen molar-refractivity contribution in [2.24, 2.45) is 5.73 Å². The van der Waals surface area contributed by atoms with E-state index in [9.17, 15) is 35.1 Å². The van der Waals surface area contributed by atoms with E-state index >= 15 is 0 Å². The first kappa shape index (κ1) is 36.6. The molecule has 1 fully saturated rings. The van der Waals surface area contributed by atoms with Crippen LogP contribution in [0.25, 0.3) is 5.69 Å². The third kappa shape index (κ3) is 10.6. The van der Waals surface area contributed by atoms with E-state index in [0.717, 1.165) is 4.47 Å². The van der Waals surface area contributed by atoms with Gasteiger partial charge in [0.1, 0.15) is 30.0 Å². The van der Waals surface area contributed by atoms with Crippen molar-refractivity contribution in [1.29, 1.82) is 0 Å². The molecular formula is C26H40BrN7O11. The van der Waals surface area contributed by atoms with Gasteiger partial charge in [-0.2, -0.15) is 0 Å². The monoisotopic (exact) mass is 705 g/mol. The number of aliphatic hydroxyl groups excluding tert-OH is 5. The molecule has 1 aromatic carbocycles. The SMILES string of the molecule is CC(=O)NC1C(O[C@H](OC(C)CO)C(O)[C@@H](O)OCc2cn(-c3ccc(Br)cc3)nn2)[C@H](O)C(CO)O[C@H]1NC(=O)NCCN. The van der Waals surface area contributed by atoms with Crippen LogP contribution in [0.4, 0.5) is 4.79 Å². The highest BCUT2D eigenvalue weighted by molar-refractivity contribution is 9.10. The normalized spacial score (nSPS) is 24.3. The Balaban J connectivity index is 1.78. The molecule has 18 nitrogen and oxygen atoms in total. The van der Waals surface area contributed by atoms with Crippen molar-refractivity contribution in [3.63, 3.8) is 0 Å². The third-order valence-electron chi connectivity index (χ3n) is 6.49. The third-order valence-corrected chi connectivity index (χ3v) is 7.02. The van der Waals surface area contributed by atoms with Gasteiger partial charge < -0.3 is 66.2 Å². The molecular weight excluding hydrogens is 666 g/mol. The molecule has 1 aliphatic rings. The Morgan fingerprint density at radius 2 is 1.91 bits per heavy atom. The van der Waals surface area contributed by atoms with Crippen LogP contribution in [0.15, 0.2) is 34.9 Å². The number of nitrogens with zero attached hydrogens (tertiary/aromatic N) is 3. The lowest BCUT2D eigenvalue weighted by Crippen LogP contribution is -2.70. The summed E-state index contributed by atoms with van der Waals surface area (Å²) in [4.78, 5) is 24.5. The standard InChI is InChI=1S/C26H40BrN7O11/c1-13(10-35)43-25(21(39)24(40)42-12-16-9-34(33-32-16)17-5-3-15(27)4-6-17)45-22-19(30-14(2)37)23(31-26(41)29-8-7-28)44-18(11-36)20(22)38/h3-6,9,13,18-25,35-36,38-40H,7-8,10-12,28H2,1-2H3,(H,30,37)(H2,29,31,41)/t13?,18?,19?,20-,21?,22?,23-,24+,25+/m1/s1. The number of ether oxygens (including phenoxy) is 4. The molecule has 3 rings (SSSR count). The number of aromatic nitrogens is 3. The van der Waals surface area contributed by atoms with Gasteiger partial charge in [0.15, 0.2) is 24.9 Å². The van der Waals surface area contributed by atoms with Crippen molar-refractivity contribution in [1.82, 2.24) is 30.9 Å². The summed E-state index contributed by atoms with van der Waals surface area (Å²) in [6, 6.07) is 5.23. The second-order valence-electron chi connectivity index (χ2n) is 10.1. The molecule has 3 amide bonds. The first-order valence-corrected chi connectivity index (χ1v) is 14.8. The minimum atomic E-state index is -1.94.